The Labute approximate surface area is 177 Å². The predicted molar refractivity (Wildman–Crippen MR) is 112 cm³/mol. The molecule has 7 heteroatoms. The third-order valence-corrected chi connectivity index (χ3v) is 5.40. The Morgan fingerprint density at radius 1 is 0.931 bits per heavy atom. The summed E-state index contributed by atoms with van der Waals surface area (Å²) in [5, 5.41) is 0.697. The number of ether oxygens (including phenoxy) is 1. The summed E-state index contributed by atoms with van der Waals surface area (Å²) in [6.07, 6.45) is 0.799. The lowest BCUT2D eigenvalue weighted by molar-refractivity contribution is 0.244. The first-order chi connectivity index (χ1) is 13.9. The number of benzene rings is 3. The molecule has 1 aliphatic heterocycles. The number of halogens is 4. The molecule has 0 spiro atoms. The van der Waals surface area contributed by atoms with Gasteiger partial charge in [-0.05, 0) is 59.5 Å². The lowest BCUT2D eigenvalue weighted by Gasteiger charge is -2.29. The Bertz CT molecular complexity index is 1030. The molecular formula is C22H18Cl2F2N2O. The van der Waals surface area contributed by atoms with E-state index in [0.29, 0.717) is 45.9 Å². The number of nitrogens with two attached hydrogens (primary N) is 1. The van der Waals surface area contributed by atoms with Gasteiger partial charge in [-0.3, -0.25) is 4.90 Å². The van der Waals surface area contributed by atoms with Crippen LogP contribution in [-0.2, 0) is 19.5 Å². The largest absolute Gasteiger partial charge is 0.454 e. The first-order valence-electron chi connectivity index (χ1n) is 9.09. The summed E-state index contributed by atoms with van der Waals surface area (Å²) in [6.45, 7) is 1.96. The summed E-state index contributed by atoms with van der Waals surface area (Å²) in [5.41, 5.74) is 9.13. The molecule has 3 aromatic rings. The fraction of sp³-hybridized carbons (Fsp3) is 0.182. The van der Waals surface area contributed by atoms with Crippen LogP contribution in [0.15, 0.2) is 48.5 Å². The fourth-order valence-electron chi connectivity index (χ4n) is 3.54. The zero-order valence-corrected chi connectivity index (χ0v) is 16.9. The van der Waals surface area contributed by atoms with Crippen molar-refractivity contribution in [2.75, 3.05) is 12.3 Å². The number of anilines is 1. The smallest absolute Gasteiger partial charge is 0.164 e. The van der Waals surface area contributed by atoms with Crippen LogP contribution in [0.25, 0.3) is 0 Å². The van der Waals surface area contributed by atoms with Gasteiger partial charge in [0.2, 0.25) is 0 Å². The Kier molecular flexibility index (Phi) is 5.63. The first kappa shape index (κ1) is 20.0. The van der Waals surface area contributed by atoms with E-state index in [2.05, 4.69) is 4.90 Å². The maximum absolute atomic E-state index is 13.4. The van der Waals surface area contributed by atoms with Crippen molar-refractivity contribution in [3.8, 4) is 11.5 Å². The second-order valence-corrected chi connectivity index (χ2v) is 7.90. The molecule has 0 fully saturated rings. The fourth-order valence-corrected chi connectivity index (χ4v) is 4.12. The molecule has 150 valence electrons. The third-order valence-electron chi connectivity index (χ3n) is 4.84. The van der Waals surface area contributed by atoms with Crippen molar-refractivity contribution >= 4 is 28.9 Å². The van der Waals surface area contributed by atoms with Crippen molar-refractivity contribution in [3.63, 3.8) is 0 Å². The Hall–Kier alpha value is -2.34. The van der Waals surface area contributed by atoms with Crippen LogP contribution < -0.4 is 10.5 Å². The van der Waals surface area contributed by atoms with Crippen molar-refractivity contribution in [1.82, 2.24) is 4.90 Å². The van der Waals surface area contributed by atoms with E-state index >= 15 is 0 Å². The maximum Gasteiger partial charge on any atom is 0.164 e. The van der Waals surface area contributed by atoms with Crippen LogP contribution in [0.3, 0.4) is 0 Å². The van der Waals surface area contributed by atoms with Gasteiger partial charge >= 0.3 is 0 Å². The zero-order valence-electron chi connectivity index (χ0n) is 15.4. The molecule has 3 nitrogen and oxygen atoms in total. The molecule has 0 aliphatic carbocycles. The Morgan fingerprint density at radius 3 is 2.31 bits per heavy atom. The summed E-state index contributed by atoms with van der Waals surface area (Å²) in [7, 11) is 0. The maximum atomic E-state index is 13.4. The minimum Gasteiger partial charge on any atom is -0.454 e. The van der Waals surface area contributed by atoms with E-state index in [1.165, 1.54) is 12.1 Å². The molecule has 2 N–H and O–H groups in total. The van der Waals surface area contributed by atoms with E-state index in [0.717, 1.165) is 30.2 Å². The van der Waals surface area contributed by atoms with Gasteiger partial charge < -0.3 is 10.5 Å². The molecule has 0 aromatic heterocycles. The standard InChI is InChI=1S/C22H18Cl2F2N2O/c23-20-9-18(27)10-21(24)22(20)29-19-2-1-15-12-28(4-3-14(15)7-19)11-13-5-16(25)8-17(26)6-13/h1-2,5-10H,3-4,11-12,27H2. The Morgan fingerprint density at radius 2 is 1.62 bits per heavy atom. The zero-order chi connectivity index (χ0) is 20.5. The van der Waals surface area contributed by atoms with E-state index in [1.54, 1.807) is 12.1 Å². The van der Waals surface area contributed by atoms with E-state index in [1.807, 2.05) is 18.2 Å². The lowest BCUT2D eigenvalue weighted by Crippen LogP contribution is -2.30. The van der Waals surface area contributed by atoms with Gasteiger partial charge in [0, 0.05) is 31.4 Å². The van der Waals surface area contributed by atoms with Crippen LogP contribution in [-0.4, -0.2) is 11.4 Å². The van der Waals surface area contributed by atoms with Crippen molar-refractivity contribution in [2.45, 2.75) is 19.5 Å². The molecule has 0 unspecified atom stereocenters. The van der Waals surface area contributed by atoms with E-state index in [-0.39, 0.29) is 0 Å². The van der Waals surface area contributed by atoms with Gasteiger partial charge in [0.1, 0.15) is 17.4 Å². The molecule has 0 radical (unpaired) electrons. The van der Waals surface area contributed by atoms with Gasteiger partial charge in [-0.15, -0.1) is 0 Å². The molecule has 0 atom stereocenters. The first-order valence-corrected chi connectivity index (χ1v) is 9.84. The highest BCUT2D eigenvalue weighted by atomic mass is 35.5. The van der Waals surface area contributed by atoms with Crippen LogP contribution in [0, 0.1) is 11.6 Å². The molecule has 0 saturated carbocycles. The topological polar surface area (TPSA) is 38.5 Å². The highest BCUT2D eigenvalue weighted by Gasteiger charge is 2.18. The quantitative estimate of drug-likeness (QED) is 0.496. The second kappa shape index (κ2) is 8.19. The summed E-state index contributed by atoms with van der Waals surface area (Å²) in [6, 6.07) is 12.6. The molecule has 0 saturated heterocycles. The monoisotopic (exact) mass is 434 g/mol. The van der Waals surface area contributed by atoms with Crippen LogP contribution in [0.2, 0.25) is 10.0 Å². The summed E-state index contributed by atoms with van der Waals surface area (Å²) in [4.78, 5) is 2.16. The highest BCUT2D eigenvalue weighted by molar-refractivity contribution is 6.37. The van der Waals surface area contributed by atoms with Crippen molar-refractivity contribution in [1.29, 1.82) is 0 Å². The summed E-state index contributed by atoms with van der Waals surface area (Å²) < 4.78 is 32.7. The number of rotatable bonds is 4. The highest BCUT2D eigenvalue weighted by Crippen LogP contribution is 2.38. The normalized spacial score (nSPS) is 13.9. The van der Waals surface area contributed by atoms with E-state index in [4.69, 9.17) is 33.7 Å². The van der Waals surface area contributed by atoms with Gasteiger partial charge in [0.05, 0.1) is 10.0 Å². The van der Waals surface area contributed by atoms with Crippen molar-refractivity contribution in [2.24, 2.45) is 0 Å². The molecule has 0 amide bonds. The summed E-state index contributed by atoms with van der Waals surface area (Å²) >= 11 is 12.4. The van der Waals surface area contributed by atoms with Gasteiger partial charge in [0.15, 0.2) is 5.75 Å². The van der Waals surface area contributed by atoms with Crippen LogP contribution in [0.5, 0.6) is 11.5 Å². The SMILES string of the molecule is Nc1cc(Cl)c(Oc2ccc3c(c2)CCN(Cc2cc(F)cc(F)c2)C3)c(Cl)c1. The molecule has 0 bridgehead atoms. The molecule has 29 heavy (non-hydrogen) atoms. The summed E-state index contributed by atoms with van der Waals surface area (Å²) in [5.74, 6) is -0.107. The van der Waals surface area contributed by atoms with Crippen LogP contribution in [0.4, 0.5) is 14.5 Å². The average molecular weight is 435 g/mol. The van der Waals surface area contributed by atoms with Gasteiger partial charge in [-0.2, -0.15) is 0 Å². The minimum atomic E-state index is -0.556. The van der Waals surface area contributed by atoms with Crippen LogP contribution >= 0.6 is 23.2 Å². The molecule has 1 heterocycles. The van der Waals surface area contributed by atoms with Gasteiger partial charge in [-0.25, -0.2) is 8.78 Å². The van der Waals surface area contributed by atoms with Crippen molar-refractivity contribution in [3.05, 3.63) is 86.9 Å². The number of hydrogen-bond acceptors (Lipinski definition) is 3. The van der Waals surface area contributed by atoms with Gasteiger partial charge in [-0.1, -0.05) is 29.3 Å². The second-order valence-electron chi connectivity index (χ2n) is 7.08. The van der Waals surface area contributed by atoms with E-state index < -0.39 is 11.6 Å². The number of hydrogen-bond donors (Lipinski definition) is 1. The number of nitrogens with zero attached hydrogens (tertiary/aromatic N) is 1. The minimum absolute atomic E-state index is 0.348. The van der Waals surface area contributed by atoms with Gasteiger partial charge in [0.25, 0.3) is 0 Å². The van der Waals surface area contributed by atoms with Crippen LogP contribution in [0.1, 0.15) is 16.7 Å². The molecule has 3 aromatic carbocycles. The number of fused-ring (bicyclic) bond motifs is 1. The molecular weight excluding hydrogens is 417 g/mol. The molecule has 4 rings (SSSR count). The third kappa shape index (κ3) is 4.64. The predicted octanol–water partition coefficient (Wildman–Crippen LogP) is 6.20. The lowest BCUT2D eigenvalue weighted by atomic mass is 9.99. The Balaban J connectivity index is 1.49. The molecule has 1 aliphatic rings. The number of nitrogen functional groups attached to an aromatic ring is 1. The van der Waals surface area contributed by atoms with E-state index in [9.17, 15) is 8.78 Å². The van der Waals surface area contributed by atoms with Crippen molar-refractivity contribution < 1.29 is 13.5 Å². The average Bonchev–Trinajstić information content (AvgIpc) is 2.64.